The first-order valence-corrected chi connectivity index (χ1v) is 11.7. The largest absolute Gasteiger partial charge is 0.486 e. The number of thioether (sulfide) groups is 1. The number of aliphatic imine (C=N–C) groups is 1. The normalized spacial score (nSPS) is 16.5. The maximum atomic E-state index is 12.9. The van der Waals surface area contributed by atoms with Crippen molar-refractivity contribution in [2.75, 3.05) is 0 Å². The summed E-state index contributed by atoms with van der Waals surface area (Å²) in [6.07, 6.45) is 1.76. The van der Waals surface area contributed by atoms with Gasteiger partial charge in [0, 0.05) is 17.6 Å². The average molecular weight is 488 g/mol. The SMILES string of the molecule is CC(C)N=C1S/C(=C/c2cc(Cl)c(OCc3ccccc3C#N)c(Cl)c2)C(=O)N1C(C)C. The van der Waals surface area contributed by atoms with Crippen LogP contribution in [0.2, 0.25) is 10.0 Å². The fourth-order valence-electron chi connectivity index (χ4n) is 3.11. The van der Waals surface area contributed by atoms with Gasteiger partial charge in [-0.3, -0.25) is 14.7 Å². The highest BCUT2D eigenvalue weighted by Gasteiger charge is 2.35. The van der Waals surface area contributed by atoms with Gasteiger partial charge in [-0.2, -0.15) is 5.26 Å². The number of benzene rings is 2. The summed E-state index contributed by atoms with van der Waals surface area (Å²) in [4.78, 5) is 19.8. The molecule has 166 valence electrons. The van der Waals surface area contributed by atoms with Crippen LogP contribution in [0.25, 0.3) is 6.08 Å². The number of amidine groups is 1. The third-order valence-corrected chi connectivity index (χ3v) is 6.11. The van der Waals surface area contributed by atoms with E-state index in [1.54, 1.807) is 35.2 Å². The van der Waals surface area contributed by atoms with Crippen LogP contribution in [0.3, 0.4) is 0 Å². The molecule has 1 aliphatic rings. The van der Waals surface area contributed by atoms with Gasteiger partial charge in [0.1, 0.15) is 6.61 Å². The van der Waals surface area contributed by atoms with Crippen molar-refractivity contribution in [1.29, 1.82) is 5.26 Å². The minimum atomic E-state index is -0.0925. The highest BCUT2D eigenvalue weighted by atomic mass is 35.5. The first kappa shape index (κ1) is 24.2. The Kier molecular flexibility index (Phi) is 7.89. The zero-order chi connectivity index (χ0) is 23.4. The number of carbonyl (C=O) groups is 1. The van der Waals surface area contributed by atoms with E-state index in [4.69, 9.17) is 27.9 Å². The van der Waals surface area contributed by atoms with Crippen LogP contribution in [0.15, 0.2) is 46.3 Å². The van der Waals surface area contributed by atoms with E-state index in [0.29, 0.717) is 37.0 Å². The van der Waals surface area contributed by atoms with Crippen LogP contribution in [-0.4, -0.2) is 28.1 Å². The van der Waals surface area contributed by atoms with E-state index in [2.05, 4.69) is 11.1 Å². The van der Waals surface area contributed by atoms with Crippen molar-refractivity contribution in [2.45, 2.75) is 46.4 Å². The monoisotopic (exact) mass is 487 g/mol. The van der Waals surface area contributed by atoms with Gasteiger partial charge in [-0.25, -0.2) is 0 Å². The average Bonchev–Trinajstić information content (AvgIpc) is 3.01. The molecule has 32 heavy (non-hydrogen) atoms. The van der Waals surface area contributed by atoms with Gasteiger partial charge in [0.15, 0.2) is 10.9 Å². The summed E-state index contributed by atoms with van der Waals surface area (Å²) in [5.41, 5.74) is 1.97. The van der Waals surface area contributed by atoms with E-state index in [1.165, 1.54) is 11.8 Å². The number of hydrogen-bond acceptors (Lipinski definition) is 5. The van der Waals surface area contributed by atoms with E-state index in [-0.39, 0.29) is 24.6 Å². The molecule has 5 nitrogen and oxygen atoms in total. The Morgan fingerprint density at radius 1 is 1.19 bits per heavy atom. The van der Waals surface area contributed by atoms with Gasteiger partial charge in [-0.1, -0.05) is 41.4 Å². The predicted molar refractivity (Wildman–Crippen MR) is 132 cm³/mol. The Labute approximate surface area is 202 Å². The number of carbonyl (C=O) groups excluding carboxylic acids is 1. The zero-order valence-electron chi connectivity index (χ0n) is 18.2. The van der Waals surface area contributed by atoms with Crippen LogP contribution in [0.1, 0.15) is 44.4 Å². The molecule has 2 aromatic carbocycles. The Morgan fingerprint density at radius 2 is 1.84 bits per heavy atom. The fourth-order valence-corrected chi connectivity index (χ4v) is 4.96. The molecule has 0 radical (unpaired) electrons. The van der Waals surface area contributed by atoms with Crippen LogP contribution < -0.4 is 4.74 Å². The number of ether oxygens (including phenoxy) is 1. The van der Waals surface area contributed by atoms with E-state index < -0.39 is 0 Å². The molecule has 0 aliphatic carbocycles. The lowest BCUT2D eigenvalue weighted by atomic mass is 10.1. The van der Waals surface area contributed by atoms with Crippen LogP contribution in [0.5, 0.6) is 5.75 Å². The Morgan fingerprint density at radius 3 is 2.44 bits per heavy atom. The summed E-state index contributed by atoms with van der Waals surface area (Å²) >= 11 is 14.2. The molecular formula is C24H23Cl2N3O2S. The number of nitriles is 1. The number of halogens is 2. The molecule has 1 aliphatic heterocycles. The van der Waals surface area contributed by atoms with E-state index in [9.17, 15) is 10.1 Å². The van der Waals surface area contributed by atoms with Gasteiger partial charge >= 0.3 is 0 Å². The van der Waals surface area contributed by atoms with Crippen molar-refractivity contribution in [3.05, 3.63) is 68.0 Å². The minimum absolute atomic E-state index is 0.00219. The Bertz CT molecular complexity index is 1110. The van der Waals surface area contributed by atoms with Crippen molar-refractivity contribution in [3.8, 4) is 11.8 Å². The first-order chi connectivity index (χ1) is 15.2. The summed E-state index contributed by atoms with van der Waals surface area (Å²) in [7, 11) is 0. The molecule has 1 fully saturated rings. The molecule has 0 aromatic heterocycles. The molecule has 0 unspecified atom stereocenters. The summed E-state index contributed by atoms with van der Waals surface area (Å²) in [5, 5.41) is 10.6. The Balaban J connectivity index is 1.85. The highest BCUT2D eigenvalue weighted by molar-refractivity contribution is 8.18. The van der Waals surface area contributed by atoms with Gasteiger partial charge in [0.05, 0.1) is 26.6 Å². The molecule has 1 amide bonds. The van der Waals surface area contributed by atoms with Crippen molar-refractivity contribution < 1.29 is 9.53 Å². The van der Waals surface area contributed by atoms with Crippen LogP contribution in [0.4, 0.5) is 0 Å². The topological polar surface area (TPSA) is 65.7 Å². The molecular weight excluding hydrogens is 465 g/mol. The van der Waals surface area contributed by atoms with Crippen LogP contribution in [0, 0.1) is 11.3 Å². The van der Waals surface area contributed by atoms with Crippen molar-refractivity contribution >= 4 is 52.1 Å². The number of rotatable bonds is 6. The highest BCUT2D eigenvalue weighted by Crippen LogP contribution is 2.38. The second kappa shape index (κ2) is 10.4. The Hall–Kier alpha value is -2.46. The molecule has 0 bridgehead atoms. The second-order valence-corrected chi connectivity index (χ2v) is 9.58. The van der Waals surface area contributed by atoms with Crippen molar-refractivity contribution in [2.24, 2.45) is 4.99 Å². The molecule has 8 heteroatoms. The number of amides is 1. The fraction of sp³-hybridized carbons (Fsp3) is 0.292. The lowest BCUT2D eigenvalue weighted by Crippen LogP contribution is -2.35. The third kappa shape index (κ3) is 5.47. The lowest BCUT2D eigenvalue weighted by Gasteiger charge is -2.20. The van der Waals surface area contributed by atoms with Gasteiger partial charge in [-0.05, 0) is 69.3 Å². The molecule has 0 spiro atoms. The van der Waals surface area contributed by atoms with Crippen LogP contribution in [-0.2, 0) is 11.4 Å². The minimum Gasteiger partial charge on any atom is -0.486 e. The van der Waals surface area contributed by atoms with Crippen LogP contribution >= 0.6 is 35.0 Å². The van der Waals surface area contributed by atoms with Crippen molar-refractivity contribution in [3.63, 3.8) is 0 Å². The molecule has 0 saturated carbocycles. The summed E-state index contributed by atoms with van der Waals surface area (Å²) in [5.74, 6) is 0.240. The standard InChI is InChI=1S/C24H23Cl2N3O2S/c1-14(2)28-24-29(15(3)4)23(30)21(32-24)11-16-9-19(25)22(20(26)10-16)31-13-18-8-6-5-7-17(18)12-27/h5-11,14-15H,13H2,1-4H3/b21-11+,28-24?. The lowest BCUT2D eigenvalue weighted by molar-refractivity contribution is -0.123. The molecule has 1 heterocycles. The van der Waals surface area contributed by atoms with Gasteiger partial charge in [0.25, 0.3) is 5.91 Å². The third-order valence-electron chi connectivity index (χ3n) is 4.55. The van der Waals surface area contributed by atoms with Gasteiger partial charge in [0.2, 0.25) is 0 Å². The maximum absolute atomic E-state index is 12.9. The van der Waals surface area contributed by atoms with Gasteiger partial charge in [-0.15, -0.1) is 0 Å². The second-order valence-electron chi connectivity index (χ2n) is 7.76. The molecule has 1 saturated heterocycles. The summed E-state index contributed by atoms with van der Waals surface area (Å²) in [6, 6.07) is 12.8. The van der Waals surface area contributed by atoms with E-state index in [1.807, 2.05) is 39.8 Å². The van der Waals surface area contributed by atoms with E-state index >= 15 is 0 Å². The van der Waals surface area contributed by atoms with Gasteiger partial charge < -0.3 is 4.74 Å². The first-order valence-electron chi connectivity index (χ1n) is 10.1. The molecule has 0 N–H and O–H groups in total. The smallest absolute Gasteiger partial charge is 0.266 e. The maximum Gasteiger partial charge on any atom is 0.266 e. The van der Waals surface area contributed by atoms with E-state index in [0.717, 1.165) is 5.56 Å². The molecule has 0 atom stereocenters. The zero-order valence-corrected chi connectivity index (χ0v) is 20.6. The van der Waals surface area contributed by atoms with Crippen molar-refractivity contribution in [1.82, 2.24) is 4.90 Å². The number of nitrogens with zero attached hydrogens (tertiary/aromatic N) is 3. The summed E-state index contributed by atoms with van der Waals surface area (Å²) in [6.45, 7) is 8.04. The summed E-state index contributed by atoms with van der Waals surface area (Å²) < 4.78 is 5.82. The molecule has 2 aromatic rings. The molecule has 3 rings (SSSR count). The predicted octanol–water partition coefficient (Wildman–Crippen LogP) is 6.53. The quantitative estimate of drug-likeness (QED) is 0.434. The number of hydrogen-bond donors (Lipinski definition) is 0.